The molecule has 0 radical (unpaired) electrons. The first-order valence-electron chi connectivity index (χ1n) is 7.84. The fourth-order valence-corrected chi connectivity index (χ4v) is 1.51. The number of allylic oxidation sites excluding steroid dienone is 1. The molecule has 0 heterocycles. The third kappa shape index (κ3) is 15.8. The number of aldehydes is 1. The van der Waals surface area contributed by atoms with Crippen LogP contribution in [-0.2, 0) is 19.2 Å². The summed E-state index contributed by atoms with van der Waals surface area (Å²) in [7, 11) is 0. The number of nitrogens with zero attached hydrogens (tertiary/aromatic N) is 1. The van der Waals surface area contributed by atoms with E-state index in [9.17, 15) is 19.2 Å². The Hall–Kier alpha value is -2.91. The van der Waals surface area contributed by atoms with Gasteiger partial charge >= 0.3 is 5.97 Å². The number of rotatable bonds is 11. The Balaban J connectivity index is 0. The quantitative estimate of drug-likeness (QED) is 0.102. The molecule has 0 aliphatic carbocycles. The van der Waals surface area contributed by atoms with Crippen LogP contribution in [0, 0.1) is 0 Å². The van der Waals surface area contributed by atoms with E-state index in [2.05, 4.69) is 15.6 Å². The van der Waals surface area contributed by atoms with Crippen molar-refractivity contribution in [3.8, 4) is 0 Å². The van der Waals surface area contributed by atoms with Crippen LogP contribution in [0.25, 0.3) is 0 Å². The molecule has 0 rings (SSSR count). The highest BCUT2D eigenvalue weighted by molar-refractivity contribution is 5.91. The van der Waals surface area contributed by atoms with E-state index < -0.39 is 23.8 Å². The lowest BCUT2D eigenvalue weighted by atomic mass is 10.1. The number of carboxylic acid groups (broad SMARTS) is 1. The zero-order valence-corrected chi connectivity index (χ0v) is 14.5. The Morgan fingerprint density at radius 2 is 1.88 bits per heavy atom. The molecule has 142 valence electrons. The number of nitrogens with two attached hydrogens (primary N) is 2. The fraction of sp³-hybridized carbons (Fsp3) is 0.533. The van der Waals surface area contributed by atoms with Crippen molar-refractivity contribution < 1.29 is 24.3 Å². The molecule has 10 nitrogen and oxygen atoms in total. The lowest BCUT2D eigenvalue weighted by Gasteiger charge is -2.14. The lowest BCUT2D eigenvalue weighted by Crippen LogP contribution is -2.42. The van der Waals surface area contributed by atoms with Gasteiger partial charge in [-0.3, -0.25) is 19.4 Å². The number of nitrogens with one attached hydrogen (secondary N) is 2. The van der Waals surface area contributed by atoms with Crippen molar-refractivity contribution in [2.75, 3.05) is 13.1 Å². The normalized spacial score (nSPS) is 10.8. The van der Waals surface area contributed by atoms with Gasteiger partial charge in [-0.05, 0) is 18.9 Å². The highest BCUT2D eigenvalue weighted by Gasteiger charge is 2.19. The van der Waals surface area contributed by atoms with Crippen LogP contribution in [0.15, 0.2) is 17.1 Å². The standard InChI is InChI=1S/C13H21N5O5.C2H6/c14-13(15)17-6-1-3-9(12(22)23)18-11(21)5-7-16-10(20)4-2-8-19;1-2/h2,4,8-9H,1,3,5-7H2,(H,16,20)(H,18,21)(H,22,23)(H4,14,15,17);1-2H3/b4-2-;. The van der Waals surface area contributed by atoms with Gasteiger partial charge in [-0.2, -0.15) is 0 Å². The summed E-state index contributed by atoms with van der Waals surface area (Å²) < 4.78 is 0. The van der Waals surface area contributed by atoms with Gasteiger partial charge in [0.15, 0.2) is 5.96 Å². The summed E-state index contributed by atoms with van der Waals surface area (Å²) in [6, 6.07) is -1.05. The zero-order chi connectivity index (χ0) is 19.7. The van der Waals surface area contributed by atoms with Gasteiger partial charge in [0.1, 0.15) is 12.3 Å². The zero-order valence-electron chi connectivity index (χ0n) is 14.5. The summed E-state index contributed by atoms with van der Waals surface area (Å²) in [5, 5.41) is 13.8. The van der Waals surface area contributed by atoms with Crippen molar-refractivity contribution >= 4 is 30.0 Å². The van der Waals surface area contributed by atoms with Crippen LogP contribution < -0.4 is 22.1 Å². The SMILES string of the molecule is CC.NC(N)=NCCCC(NC(=O)CCNC(=O)/C=C\C=O)C(=O)O. The molecule has 0 aromatic heterocycles. The molecular weight excluding hydrogens is 330 g/mol. The molecule has 10 heteroatoms. The van der Waals surface area contributed by atoms with Gasteiger partial charge in [-0.1, -0.05) is 13.8 Å². The molecule has 0 aliphatic rings. The van der Waals surface area contributed by atoms with Gasteiger partial charge in [0.2, 0.25) is 11.8 Å². The maximum atomic E-state index is 11.6. The van der Waals surface area contributed by atoms with Crippen molar-refractivity contribution in [2.24, 2.45) is 16.5 Å². The smallest absolute Gasteiger partial charge is 0.326 e. The van der Waals surface area contributed by atoms with E-state index in [4.69, 9.17) is 16.6 Å². The van der Waals surface area contributed by atoms with Gasteiger partial charge in [-0.15, -0.1) is 0 Å². The number of carbonyl (C=O) groups is 4. The van der Waals surface area contributed by atoms with E-state index in [1.807, 2.05) is 13.8 Å². The highest BCUT2D eigenvalue weighted by Crippen LogP contribution is 1.99. The molecule has 0 saturated heterocycles. The monoisotopic (exact) mass is 357 g/mol. The van der Waals surface area contributed by atoms with Gasteiger partial charge < -0.3 is 27.2 Å². The number of hydrogen-bond acceptors (Lipinski definition) is 5. The van der Waals surface area contributed by atoms with Crippen LogP contribution in [0.2, 0.25) is 0 Å². The molecule has 0 fully saturated rings. The van der Waals surface area contributed by atoms with Crippen molar-refractivity contribution in [2.45, 2.75) is 39.2 Å². The minimum absolute atomic E-state index is 0.0220. The third-order valence-corrected chi connectivity index (χ3v) is 2.56. The minimum atomic E-state index is -1.17. The summed E-state index contributed by atoms with van der Waals surface area (Å²) in [5.74, 6) is -2.28. The molecule has 0 spiro atoms. The van der Waals surface area contributed by atoms with Crippen molar-refractivity contribution in [3.63, 3.8) is 0 Å². The molecule has 1 unspecified atom stereocenters. The van der Waals surface area contributed by atoms with Crippen LogP contribution in [-0.4, -0.2) is 54.3 Å². The predicted molar refractivity (Wildman–Crippen MR) is 93.7 cm³/mol. The van der Waals surface area contributed by atoms with Crippen LogP contribution in [0.5, 0.6) is 0 Å². The van der Waals surface area contributed by atoms with Crippen molar-refractivity contribution in [1.29, 1.82) is 0 Å². The fourth-order valence-electron chi connectivity index (χ4n) is 1.51. The first kappa shape index (κ1) is 24.3. The third-order valence-electron chi connectivity index (χ3n) is 2.56. The Morgan fingerprint density at radius 3 is 2.40 bits per heavy atom. The van der Waals surface area contributed by atoms with Crippen molar-refractivity contribution in [3.05, 3.63) is 12.2 Å². The Labute approximate surface area is 146 Å². The number of amides is 2. The number of guanidine groups is 1. The Kier molecular flexibility index (Phi) is 15.5. The van der Waals surface area contributed by atoms with E-state index in [0.29, 0.717) is 12.7 Å². The molecular formula is C15H27N5O5. The van der Waals surface area contributed by atoms with Crippen LogP contribution >= 0.6 is 0 Å². The number of carbonyl (C=O) groups excluding carboxylic acids is 3. The van der Waals surface area contributed by atoms with E-state index in [1.54, 1.807) is 0 Å². The molecule has 2 amide bonds. The first-order valence-corrected chi connectivity index (χ1v) is 7.84. The summed E-state index contributed by atoms with van der Waals surface area (Å²) in [6.07, 6.45) is 2.97. The topological polar surface area (TPSA) is 177 Å². The average molecular weight is 357 g/mol. The second-order valence-corrected chi connectivity index (χ2v) is 4.44. The largest absolute Gasteiger partial charge is 0.480 e. The second-order valence-electron chi connectivity index (χ2n) is 4.44. The van der Waals surface area contributed by atoms with Gasteiger partial charge in [0.25, 0.3) is 0 Å². The van der Waals surface area contributed by atoms with Gasteiger partial charge in [0.05, 0.1) is 0 Å². The van der Waals surface area contributed by atoms with E-state index in [-0.39, 0.29) is 31.9 Å². The predicted octanol–water partition coefficient (Wildman–Crippen LogP) is -1.10. The van der Waals surface area contributed by atoms with Crippen LogP contribution in [0.4, 0.5) is 0 Å². The molecule has 0 aromatic rings. The second kappa shape index (κ2) is 16.0. The minimum Gasteiger partial charge on any atom is -0.480 e. The average Bonchev–Trinajstić information content (AvgIpc) is 2.57. The number of hydrogen-bond donors (Lipinski definition) is 5. The number of aliphatic imine (C=N–C) groups is 1. The van der Waals surface area contributed by atoms with Crippen molar-refractivity contribution in [1.82, 2.24) is 10.6 Å². The summed E-state index contributed by atoms with van der Waals surface area (Å²) in [5.41, 5.74) is 10.3. The molecule has 1 atom stereocenters. The molecule has 0 aliphatic heterocycles. The van der Waals surface area contributed by atoms with Crippen LogP contribution in [0.1, 0.15) is 33.1 Å². The molecule has 0 bridgehead atoms. The molecule has 0 saturated carbocycles. The van der Waals surface area contributed by atoms with Gasteiger partial charge in [0, 0.05) is 25.6 Å². The highest BCUT2D eigenvalue weighted by atomic mass is 16.4. The Bertz CT molecular complexity index is 487. The van der Waals surface area contributed by atoms with E-state index in [0.717, 1.165) is 12.2 Å². The van der Waals surface area contributed by atoms with E-state index in [1.165, 1.54) is 0 Å². The number of carboxylic acids is 1. The first-order chi connectivity index (χ1) is 11.9. The van der Waals surface area contributed by atoms with E-state index >= 15 is 0 Å². The molecule has 0 aromatic carbocycles. The van der Waals surface area contributed by atoms with Crippen LogP contribution in [0.3, 0.4) is 0 Å². The summed E-state index contributed by atoms with van der Waals surface area (Å²) in [6.45, 7) is 4.29. The maximum absolute atomic E-state index is 11.6. The molecule has 7 N–H and O–H groups in total. The molecule has 25 heavy (non-hydrogen) atoms. The Morgan fingerprint density at radius 1 is 1.24 bits per heavy atom. The lowest BCUT2D eigenvalue weighted by molar-refractivity contribution is -0.142. The maximum Gasteiger partial charge on any atom is 0.326 e. The number of aliphatic carboxylic acids is 1. The summed E-state index contributed by atoms with van der Waals surface area (Å²) in [4.78, 5) is 47.5. The summed E-state index contributed by atoms with van der Waals surface area (Å²) >= 11 is 0. The van der Waals surface area contributed by atoms with Gasteiger partial charge in [-0.25, -0.2) is 4.79 Å².